The normalized spacial score (nSPS) is 10.1. The Morgan fingerprint density at radius 1 is 1.35 bits per heavy atom. The molecule has 0 saturated heterocycles. The fourth-order valence-corrected chi connectivity index (χ4v) is 1.63. The molecule has 8 heteroatoms. The molecule has 0 amide bonds. The van der Waals surface area contributed by atoms with E-state index in [1.54, 1.807) is 19.2 Å². The third kappa shape index (κ3) is 2.91. The number of methoxy groups -OCH3 is 1. The van der Waals surface area contributed by atoms with Crippen molar-refractivity contribution >= 4 is 17.3 Å². The van der Waals surface area contributed by atoms with Gasteiger partial charge in [0.05, 0.1) is 12.0 Å². The fraction of sp³-hybridized carbons (Fsp3) is 0.167. The first-order valence-corrected chi connectivity index (χ1v) is 5.73. The Kier molecular flexibility index (Phi) is 3.94. The monoisotopic (exact) mass is 275 g/mol. The maximum absolute atomic E-state index is 10.9. The van der Waals surface area contributed by atoms with Gasteiger partial charge in [0, 0.05) is 6.54 Å². The third-order valence-corrected chi connectivity index (χ3v) is 2.65. The van der Waals surface area contributed by atoms with Gasteiger partial charge < -0.3 is 15.8 Å². The van der Waals surface area contributed by atoms with Crippen molar-refractivity contribution in [2.24, 2.45) is 0 Å². The molecule has 0 aliphatic heterocycles. The van der Waals surface area contributed by atoms with Gasteiger partial charge in [-0.1, -0.05) is 12.1 Å². The highest BCUT2D eigenvalue weighted by molar-refractivity contribution is 5.67. The van der Waals surface area contributed by atoms with Gasteiger partial charge in [0.25, 0.3) is 0 Å². The average molecular weight is 275 g/mol. The standard InChI is InChI=1S/C12H13N5O3/c1-20-9-4-2-8(3-5-9)6-14-12-10(17(18)19)11(13)15-7-16-12/h2-5,7H,6H2,1H3,(H3,13,14,15,16). The van der Waals surface area contributed by atoms with E-state index >= 15 is 0 Å². The lowest BCUT2D eigenvalue weighted by Crippen LogP contribution is -2.08. The Morgan fingerprint density at radius 3 is 2.65 bits per heavy atom. The number of nitrogen functional groups attached to an aromatic ring is 1. The van der Waals surface area contributed by atoms with Crippen LogP contribution in [0.3, 0.4) is 0 Å². The summed E-state index contributed by atoms with van der Waals surface area (Å²) in [6.45, 7) is 0.376. The molecule has 0 radical (unpaired) electrons. The van der Waals surface area contributed by atoms with E-state index in [-0.39, 0.29) is 17.3 Å². The van der Waals surface area contributed by atoms with E-state index in [0.29, 0.717) is 6.54 Å². The van der Waals surface area contributed by atoms with Crippen LogP contribution >= 0.6 is 0 Å². The predicted octanol–water partition coefficient (Wildman–Crippen LogP) is 1.59. The molecule has 1 aromatic carbocycles. The molecule has 0 unspecified atom stereocenters. The molecular weight excluding hydrogens is 262 g/mol. The molecule has 2 aromatic rings. The number of nitrogens with zero attached hydrogens (tertiary/aromatic N) is 3. The molecular formula is C12H13N5O3. The summed E-state index contributed by atoms with van der Waals surface area (Å²) in [7, 11) is 1.58. The molecule has 0 saturated carbocycles. The van der Waals surface area contributed by atoms with Crippen LogP contribution in [0.4, 0.5) is 17.3 Å². The number of rotatable bonds is 5. The van der Waals surface area contributed by atoms with Crippen LogP contribution in [0.1, 0.15) is 5.56 Å². The Bertz CT molecular complexity index is 615. The first-order valence-electron chi connectivity index (χ1n) is 5.73. The topological polar surface area (TPSA) is 116 Å². The summed E-state index contributed by atoms with van der Waals surface area (Å²) in [5.74, 6) is 0.673. The maximum atomic E-state index is 10.9. The van der Waals surface area contributed by atoms with Gasteiger partial charge in [-0.15, -0.1) is 0 Å². The molecule has 0 fully saturated rings. The number of nitrogens with two attached hydrogens (primary N) is 1. The van der Waals surface area contributed by atoms with Crippen LogP contribution in [0.5, 0.6) is 5.75 Å². The van der Waals surface area contributed by atoms with Crippen molar-refractivity contribution in [1.29, 1.82) is 0 Å². The van der Waals surface area contributed by atoms with E-state index in [4.69, 9.17) is 10.5 Å². The lowest BCUT2D eigenvalue weighted by molar-refractivity contribution is -0.383. The van der Waals surface area contributed by atoms with Crippen molar-refractivity contribution in [2.75, 3.05) is 18.2 Å². The molecule has 8 nitrogen and oxygen atoms in total. The van der Waals surface area contributed by atoms with Gasteiger partial charge in [-0.2, -0.15) is 0 Å². The number of aromatic nitrogens is 2. The van der Waals surface area contributed by atoms with Crippen LogP contribution in [0.25, 0.3) is 0 Å². The second-order valence-electron chi connectivity index (χ2n) is 3.91. The van der Waals surface area contributed by atoms with E-state index in [2.05, 4.69) is 15.3 Å². The van der Waals surface area contributed by atoms with Gasteiger partial charge in [0.2, 0.25) is 11.6 Å². The van der Waals surface area contributed by atoms with Gasteiger partial charge in [0.15, 0.2) is 0 Å². The highest BCUT2D eigenvalue weighted by Gasteiger charge is 2.20. The number of anilines is 2. The number of nitrogens with one attached hydrogen (secondary N) is 1. The van der Waals surface area contributed by atoms with E-state index in [1.807, 2.05) is 12.1 Å². The quantitative estimate of drug-likeness (QED) is 0.628. The molecule has 20 heavy (non-hydrogen) atoms. The van der Waals surface area contributed by atoms with Gasteiger partial charge in [-0.05, 0) is 17.7 Å². The highest BCUT2D eigenvalue weighted by atomic mass is 16.6. The van der Waals surface area contributed by atoms with Crippen LogP contribution in [0.2, 0.25) is 0 Å². The summed E-state index contributed by atoms with van der Waals surface area (Å²) in [6, 6.07) is 7.31. The molecule has 1 heterocycles. The lowest BCUT2D eigenvalue weighted by Gasteiger charge is -2.07. The van der Waals surface area contributed by atoms with Crippen LogP contribution in [0.15, 0.2) is 30.6 Å². The van der Waals surface area contributed by atoms with Crippen molar-refractivity contribution in [3.05, 3.63) is 46.3 Å². The molecule has 0 aliphatic carbocycles. The first kappa shape index (κ1) is 13.5. The maximum Gasteiger partial charge on any atom is 0.352 e. The zero-order valence-corrected chi connectivity index (χ0v) is 10.7. The van der Waals surface area contributed by atoms with E-state index in [0.717, 1.165) is 11.3 Å². The second-order valence-corrected chi connectivity index (χ2v) is 3.91. The SMILES string of the molecule is COc1ccc(CNc2ncnc(N)c2[N+](=O)[O-])cc1. The number of ether oxygens (including phenoxy) is 1. The second kappa shape index (κ2) is 5.83. The van der Waals surface area contributed by atoms with Crippen molar-refractivity contribution in [3.63, 3.8) is 0 Å². The van der Waals surface area contributed by atoms with Crippen molar-refractivity contribution < 1.29 is 9.66 Å². The molecule has 0 atom stereocenters. The average Bonchev–Trinajstić information content (AvgIpc) is 2.45. The number of hydrogen-bond acceptors (Lipinski definition) is 7. The molecule has 104 valence electrons. The minimum atomic E-state index is -0.605. The Labute approximate surface area is 114 Å². The Balaban J connectivity index is 2.14. The predicted molar refractivity (Wildman–Crippen MR) is 73.4 cm³/mol. The Morgan fingerprint density at radius 2 is 2.05 bits per heavy atom. The van der Waals surface area contributed by atoms with Gasteiger partial charge >= 0.3 is 5.69 Å². The summed E-state index contributed by atoms with van der Waals surface area (Å²) < 4.78 is 5.05. The molecule has 3 N–H and O–H groups in total. The zero-order valence-electron chi connectivity index (χ0n) is 10.7. The highest BCUT2D eigenvalue weighted by Crippen LogP contribution is 2.26. The zero-order chi connectivity index (χ0) is 14.5. The third-order valence-electron chi connectivity index (χ3n) is 2.65. The minimum absolute atomic E-state index is 0.0957. The van der Waals surface area contributed by atoms with Crippen molar-refractivity contribution in [1.82, 2.24) is 9.97 Å². The molecule has 1 aromatic heterocycles. The van der Waals surface area contributed by atoms with Gasteiger partial charge in [-0.3, -0.25) is 10.1 Å². The number of benzene rings is 1. The van der Waals surface area contributed by atoms with Crippen LogP contribution in [-0.2, 0) is 6.54 Å². The lowest BCUT2D eigenvalue weighted by atomic mass is 10.2. The van der Waals surface area contributed by atoms with E-state index in [1.165, 1.54) is 6.33 Å². The number of hydrogen-bond donors (Lipinski definition) is 2. The molecule has 0 spiro atoms. The number of nitro groups is 1. The van der Waals surface area contributed by atoms with Crippen LogP contribution in [-0.4, -0.2) is 22.0 Å². The van der Waals surface area contributed by atoms with Crippen LogP contribution < -0.4 is 15.8 Å². The largest absolute Gasteiger partial charge is 0.497 e. The molecule has 2 rings (SSSR count). The Hall–Kier alpha value is -2.90. The summed E-state index contributed by atoms with van der Waals surface area (Å²) in [6.07, 6.45) is 1.18. The van der Waals surface area contributed by atoms with Crippen molar-refractivity contribution in [3.8, 4) is 5.75 Å². The first-order chi connectivity index (χ1) is 9.61. The summed E-state index contributed by atoms with van der Waals surface area (Å²) >= 11 is 0. The van der Waals surface area contributed by atoms with Gasteiger partial charge in [-0.25, -0.2) is 9.97 Å². The minimum Gasteiger partial charge on any atom is -0.497 e. The van der Waals surface area contributed by atoms with E-state index < -0.39 is 4.92 Å². The molecule has 0 bridgehead atoms. The van der Waals surface area contributed by atoms with Gasteiger partial charge in [0.1, 0.15) is 12.1 Å². The van der Waals surface area contributed by atoms with Crippen LogP contribution in [0, 0.1) is 10.1 Å². The summed E-state index contributed by atoms with van der Waals surface area (Å²) in [5.41, 5.74) is 6.09. The fourth-order valence-electron chi connectivity index (χ4n) is 1.63. The summed E-state index contributed by atoms with van der Waals surface area (Å²) in [5, 5.41) is 13.8. The van der Waals surface area contributed by atoms with Crippen molar-refractivity contribution in [2.45, 2.75) is 6.54 Å². The summed E-state index contributed by atoms with van der Waals surface area (Å²) in [4.78, 5) is 17.8. The molecule has 0 aliphatic rings. The smallest absolute Gasteiger partial charge is 0.352 e. The van der Waals surface area contributed by atoms with E-state index in [9.17, 15) is 10.1 Å².